The van der Waals surface area contributed by atoms with Gasteiger partial charge >= 0.3 is 0 Å². The number of carbonyl (C=O) groups excluding carboxylic acids is 5. The van der Waals surface area contributed by atoms with E-state index < -0.39 is 60.2 Å². The first-order valence-corrected chi connectivity index (χ1v) is 16.9. The van der Waals surface area contributed by atoms with Gasteiger partial charge in [-0.05, 0) is 81.5 Å². The lowest BCUT2D eigenvalue weighted by Gasteiger charge is -2.26. The van der Waals surface area contributed by atoms with E-state index in [9.17, 15) is 29.1 Å². The fraction of sp³-hybridized carbons (Fsp3) is 0.559. The van der Waals surface area contributed by atoms with E-state index in [1.807, 2.05) is 43.3 Å². The first-order chi connectivity index (χ1) is 23.1. The minimum atomic E-state index is -1.22. The van der Waals surface area contributed by atoms with Crippen LogP contribution in [0.4, 0.5) is 0 Å². The molecule has 1 heterocycles. The van der Waals surface area contributed by atoms with Crippen LogP contribution in [-0.2, 0) is 30.4 Å². The van der Waals surface area contributed by atoms with Gasteiger partial charge in [0.1, 0.15) is 24.2 Å². The van der Waals surface area contributed by atoms with Crippen molar-refractivity contribution in [1.82, 2.24) is 31.9 Å². The molecule has 2 aliphatic rings. The van der Waals surface area contributed by atoms with E-state index in [0.29, 0.717) is 51.0 Å². The number of benzene rings is 1. The van der Waals surface area contributed by atoms with Crippen LogP contribution in [0.1, 0.15) is 76.7 Å². The zero-order valence-electron chi connectivity index (χ0n) is 27.8. The molecular weight excluding hydrogens is 616 g/mol. The Hall–Kier alpha value is -4.59. The van der Waals surface area contributed by atoms with Crippen LogP contribution < -0.4 is 43.4 Å². The van der Waals surface area contributed by atoms with Gasteiger partial charge in [0.25, 0.3) is 0 Å². The number of carbonyl (C=O) groups is 5. The quantitative estimate of drug-likeness (QED) is 0.0985. The lowest BCUT2D eigenvalue weighted by Crippen LogP contribution is -2.58. The molecule has 0 bridgehead atoms. The number of unbranched alkanes of at least 4 members (excludes halogenated alkanes) is 1. The van der Waals surface area contributed by atoms with E-state index in [1.54, 1.807) is 0 Å². The Balaban J connectivity index is 1.92. The summed E-state index contributed by atoms with van der Waals surface area (Å²) in [5, 5.41) is 27.3. The summed E-state index contributed by atoms with van der Waals surface area (Å²) >= 11 is 0. The molecule has 2 fully saturated rings. The predicted octanol–water partition coefficient (Wildman–Crippen LogP) is 0.393. The zero-order valence-corrected chi connectivity index (χ0v) is 27.8. The highest BCUT2D eigenvalue weighted by atomic mass is 16.3. The van der Waals surface area contributed by atoms with Crippen molar-refractivity contribution in [1.29, 1.82) is 0 Å². The maximum atomic E-state index is 13.8. The van der Waals surface area contributed by atoms with Gasteiger partial charge in [-0.25, -0.2) is 0 Å². The molecule has 0 spiro atoms. The lowest BCUT2D eigenvalue weighted by atomic mass is 9.89. The van der Waals surface area contributed by atoms with E-state index in [1.165, 1.54) is 0 Å². The fourth-order valence-electron chi connectivity index (χ4n) is 5.46. The summed E-state index contributed by atoms with van der Waals surface area (Å²) in [6.07, 6.45) is 6.91. The SMILES string of the molecule is CC/C=C(\N)NCCCC1NC(=O)CNC(=O)[C@@H](CC(O)=C2CCC2)NC(=O)[C@@H](Cc2ccccc2)NC(=O)[C@@H](CCCCN)NC1=O. The molecule has 14 nitrogen and oxygen atoms in total. The van der Waals surface area contributed by atoms with Gasteiger partial charge in [-0.15, -0.1) is 0 Å². The van der Waals surface area contributed by atoms with Gasteiger partial charge in [0.05, 0.1) is 18.1 Å². The van der Waals surface area contributed by atoms with Crippen LogP contribution in [-0.4, -0.2) is 78.4 Å². The van der Waals surface area contributed by atoms with Gasteiger partial charge < -0.3 is 48.5 Å². The van der Waals surface area contributed by atoms with Crippen molar-refractivity contribution in [3.05, 3.63) is 59.1 Å². The molecule has 264 valence electrons. The van der Waals surface area contributed by atoms with E-state index >= 15 is 0 Å². The molecule has 1 saturated carbocycles. The van der Waals surface area contributed by atoms with Crippen LogP contribution in [0.25, 0.3) is 0 Å². The number of amides is 5. The number of aliphatic hydroxyl groups excluding tert-OH is 1. The molecule has 11 N–H and O–H groups in total. The van der Waals surface area contributed by atoms with Crippen LogP contribution >= 0.6 is 0 Å². The maximum absolute atomic E-state index is 13.8. The van der Waals surface area contributed by atoms with Crippen LogP contribution in [0.5, 0.6) is 0 Å². The Morgan fingerprint density at radius 1 is 0.854 bits per heavy atom. The van der Waals surface area contributed by atoms with Crippen molar-refractivity contribution in [2.24, 2.45) is 11.5 Å². The standard InChI is InChI=1S/C34H52N8O6/c1-2-10-29(36)37-18-9-16-24-32(46)40-25(15-6-7-17-35)33(47)41-26(19-22-11-4-3-5-12-22)34(48)42-27(20-28(43)23-13-8-14-23)31(45)38-21-30(44)39-24/h3-5,10-12,24-27,37,43H,2,6-9,13-21,35-36H2,1H3,(H,38,45)(H,39,44)(H,40,46)(H,41,47)(H,42,48)/b29-10+/t24?,25-,26-,27-/m1/s1. The summed E-state index contributed by atoms with van der Waals surface area (Å²) in [5.41, 5.74) is 13.2. The van der Waals surface area contributed by atoms with Crippen LogP contribution in [0.3, 0.4) is 0 Å². The first-order valence-electron chi connectivity index (χ1n) is 16.9. The molecule has 14 heteroatoms. The molecule has 1 aliphatic carbocycles. The predicted molar refractivity (Wildman–Crippen MR) is 182 cm³/mol. The van der Waals surface area contributed by atoms with Crippen LogP contribution in [0.15, 0.2) is 53.6 Å². The maximum Gasteiger partial charge on any atom is 0.243 e. The van der Waals surface area contributed by atoms with Gasteiger partial charge in [-0.1, -0.05) is 37.3 Å². The van der Waals surface area contributed by atoms with Crippen molar-refractivity contribution < 1.29 is 29.1 Å². The molecular formula is C34H52N8O6. The number of hydrogen-bond donors (Lipinski definition) is 9. The number of aliphatic hydroxyl groups is 1. The topological polar surface area (TPSA) is 230 Å². The van der Waals surface area contributed by atoms with Gasteiger partial charge in [0.2, 0.25) is 29.5 Å². The average molecular weight is 669 g/mol. The van der Waals surface area contributed by atoms with E-state index in [2.05, 4.69) is 31.9 Å². The third-order valence-electron chi connectivity index (χ3n) is 8.39. The Morgan fingerprint density at radius 3 is 2.12 bits per heavy atom. The minimum absolute atomic E-state index is 0.0190. The Labute approximate surface area is 282 Å². The summed E-state index contributed by atoms with van der Waals surface area (Å²) in [5.74, 6) is -2.60. The molecule has 5 amide bonds. The number of hydrogen-bond acceptors (Lipinski definition) is 9. The molecule has 1 aromatic rings. The summed E-state index contributed by atoms with van der Waals surface area (Å²) < 4.78 is 0. The highest BCUT2D eigenvalue weighted by Crippen LogP contribution is 2.29. The number of nitrogens with one attached hydrogen (secondary N) is 6. The van der Waals surface area contributed by atoms with Gasteiger partial charge in [0, 0.05) is 19.4 Å². The Morgan fingerprint density at radius 2 is 1.48 bits per heavy atom. The van der Waals surface area contributed by atoms with E-state index in [-0.39, 0.29) is 31.4 Å². The Kier molecular flexibility index (Phi) is 15.7. The summed E-state index contributed by atoms with van der Waals surface area (Å²) in [7, 11) is 0. The molecule has 4 atom stereocenters. The first kappa shape index (κ1) is 37.9. The second-order valence-corrected chi connectivity index (χ2v) is 12.2. The lowest BCUT2D eigenvalue weighted by molar-refractivity contribution is -0.134. The number of rotatable bonds is 14. The second kappa shape index (κ2) is 19.9. The molecule has 0 radical (unpaired) electrons. The largest absolute Gasteiger partial charge is 0.512 e. The minimum Gasteiger partial charge on any atom is -0.512 e. The molecule has 1 aromatic carbocycles. The third-order valence-corrected chi connectivity index (χ3v) is 8.39. The van der Waals surface area contributed by atoms with Gasteiger partial charge in [0.15, 0.2) is 0 Å². The van der Waals surface area contributed by atoms with Crippen molar-refractivity contribution >= 4 is 29.5 Å². The van der Waals surface area contributed by atoms with E-state index in [0.717, 1.165) is 24.0 Å². The van der Waals surface area contributed by atoms with Crippen molar-refractivity contribution in [2.45, 2.75) is 102 Å². The monoisotopic (exact) mass is 668 g/mol. The number of allylic oxidation sites excluding steroid dienone is 2. The third kappa shape index (κ3) is 12.5. The van der Waals surface area contributed by atoms with Crippen molar-refractivity contribution in [2.75, 3.05) is 19.6 Å². The van der Waals surface area contributed by atoms with Crippen molar-refractivity contribution in [3.8, 4) is 0 Å². The molecule has 0 aromatic heterocycles. The van der Waals surface area contributed by atoms with Gasteiger partial charge in [-0.2, -0.15) is 0 Å². The molecule has 1 saturated heterocycles. The van der Waals surface area contributed by atoms with Crippen LogP contribution in [0, 0.1) is 0 Å². The van der Waals surface area contributed by atoms with E-state index in [4.69, 9.17) is 11.5 Å². The smallest absolute Gasteiger partial charge is 0.243 e. The summed E-state index contributed by atoms with van der Waals surface area (Å²) in [6, 6.07) is 4.70. The Bertz CT molecular complexity index is 1310. The molecule has 3 rings (SSSR count). The second-order valence-electron chi connectivity index (χ2n) is 12.2. The molecule has 48 heavy (non-hydrogen) atoms. The average Bonchev–Trinajstić information content (AvgIpc) is 3.03. The molecule has 1 aliphatic heterocycles. The zero-order chi connectivity index (χ0) is 34.9. The normalized spacial score (nSPS) is 22.9. The van der Waals surface area contributed by atoms with Crippen molar-refractivity contribution in [3.63, 3.8) is 0 Å². The molecule has 1 unspecified atom stereocenters. The summed E-state index contributed by atoms with van der Waals surface area (Å²) in [6.45, 7) is 2.32. The highest BCUT2D eigenvalue weighted by molar-refractivity contribution is 5.97. The van der Waals surface area contributed by atoms with Gasteiger partial charge in [-0.3, -0.25) is 24.0 Å². The number of nitrogens with two attached hydrogens (primary N) is 2. The highest BCUT2D eigenvalue weighted by Gasteiger charge is 2.33. The fourth-order valence-corrected chi connectivity index (χ4v) is 5.46. The van der Waals surface area contributed by atoms with Crippen LogP contribution in [0.2, 0.25) is 0 Å². The summed E-state index contributed by atoms with van der Waals surface area (Å²) in [4.78, 5) is 67.6.